The average Bonchev–Trinajstić information content (AvgIpc) is 3.29. The highest BCUT2D eigenvalue weighted by atomic mass is 16.2. The SMILES string of the molecule is CCC(NC(C)=O)C(=O)N(C)C1CCC2(C)C(=CCC3C2CCC24CN(C)C(C)C2CCC34)C1. The first-order chi connectivity index (χ1) is 16.1. The maximum absolute atomic E-state index is 13.1. The number of fused-ring (bicyclic) bond motifs is 4. The van der Waals surface area contributed by atoms with Gasteiger partial charge in [0.05, 0.1) is 0 Å². The first-order valence-corrected chi connectivity index (χ1v) is 14.1. The Labute approximate surface area is 207 Å². The summed E-state index contributed by atoms with van der Waals surface area (Å²) in [6.07, 6.45) is 13.5. The second-order valence-corrected chi connectivity index (χ2v) is 12.9. The van der Waals surface area contributed by atoms with Gasteiger partial charge < -0.3 is 15.1 Å². The minimum Gasteiger partial charge on any atom is -0.345 e. The zero-order valence-corrected chi connectivity index (χ0v) is 22.4. The van der Waals surface area contributed by atoms with Crippen molar-refractivity contribution in [2.45, 2.75) is 104 Å². The van der Waals surface area contributed by atoms with Gasteiger partial charge in [0.15, 0.2) is 0 Å². The maximum atomic E-state index is 13.1. The number of allylic oxidation sites excluding steroid dienone is 1. The molecule has 0 aromatic rings. The zero-order chi connectivity index (χ0) is 24.4. The Kier molecular flexibility index (Phi) is 6.18. The van der Waals surface area contributed by atoms with Crippen LogP contribution in [0.3, 0.4) is 0 Å². The van der Waals surface area contributed by atoms with E-state index >= 15 is 0 Å². The summed E-state index contributed by atoms with van der Waals surface area (Å²) in [5, 5.41) is 2.85. The van der Waals surface area contributed by atoms with E-state index in [0.717, 1.165) is 42.6 Å². The summed E-state index contributed by atoms with van der Waals surface area (Å²) in [7, 11) is 4.31. The van der Waals surface area contributed by atoms with Crippen molar-refractivity contribution in [2.24, 2.45) is 34.5 Å². The smallest absolute Gasteiger partial charge is 0.245 e. The predicted molar refractivity (Wildman–Crippen MR) is 136 cm³/mol. The van der Waals surface area contributed by atoms with Crippen molar-refractivity contribution in [3.8, 4) is 0 Å². The molecule has 0 radical (unpaired) electrons. The fourth-order valence-corrected chi connectivity index (χ4v) is 9.78. The molecule has 1 heterocycles. The van der Waals surface area contributed by atoms with Crippen LogP contribution < -0.4 is 5.32 Å². The molecule has 4 aliphatic carbocycles. The van der Waals surface area contributed by atoms with Gasteiger partial charge in [-0.25, -0.2) is 0 Å². The van der Waals surface area contributed by atoms with Gasteiger partial charge in [0.2, 0.25) is 11.8 Å². The van der Waals surface area contributed by atoms with Crippen molar-refractivity contribution < 1.29 is 9.59 Å². The van der Waals surface area contributed by atoms with E-state index in [1.165, 1.54) is 52.0 Å². The van der Waals surface area contributed by atoms with Gasteiger partial charge in [0, 0.05) is 32.6 Å². The Balaban J connectivity index is 1.32. The lowest BCUT2D eigenvalue weighted by Gasteiger charge is -2.58. The van der Waals surface area contributed by atoms with Gasteiger partial charge in [0.25, 0.3) is 0 Å². The third kappa shape index (κ3) is 3.50. The van der Waals surface area contributed by atoms with Crippen LogP contribution >= 0.6 is 0 Å². The second-order valence-electron chi connectivity index (χ2n) is 12.9. The summed E-state index contributed by atoms with van der Waals surface area (Å²) in [4.78, 5) is 29.3. The van der Waals surface area contributed by atoms with E-state index in [2.05, 4.69) is 37.2 Å². The average molecular weight is 470 g/mol. The lowest BCUT2D eigenvalue weighted by atomic mass is 9.47. The van der Waals surface area contributed by atoms with E-state index in [1.807, 2.05) is 18.9 Å². The Morgan fingerprint density at radius 1 is 1.18 bits per heavy atom. The van der Waals surface area contributed by atoms with Gasteiger partial charge >= 0.3 is 0 Å². The molecule has 2 amide bonds. The third-order valence-corrected chi connectivity index (χ3v) is 11.7. The Morgan fingerprint density at radius 2 is 1.91 bits per heavy atom. The van der Waals surface area contributed by atoms with Crippen molar-refractivity contribution in [3.05, 3.63) is 11.6 Å². The van der Waals surface area contributed by atoms with Crippen LogP contribution in [0.5, 0.6) is 0 Å². The fourth-order valence-electron chi connectivity index (χ4n) is 9.78. The molecule has 1 N–H and O–H groups in total. The highest BCUT2D eigenvalue weighted by Gasteiger charge is 2.64. The molecule has 5 rings (SSSR count). The van der Waals surface area contributed by atoms with E-state index in [0.29, 0.717) is 17.3 Å². The number of carbonyl (C=O) groups excluding carboxylic acids is 2. The lowest BCUT2D eigenvalue weighted by molar-refractivity contribution is -0.137. The molecule has 0 bridgehead atoms. The van der Waals surface area contributed by atoms with Crippen molar-refractivity contribution in [1.29, 1.82) is 0 Å². The molecule has 9 atom stereocenters. The lowest BCUT2D eigenvalue weighted by Crippen LogP contribution is -2.54. The van der Waals surface area contributed by atoms with Crippen LogP contribution in [0.15, 0.2) is 11.6 Å². The molecule has 190 valence electrons. The molecule has 1 aliphatic heterocycles. The largest absolute Gasteiger partial charge is 0.345 e. The normalized spacial score (nSPS) is 44.2. The summed E-state index contributed by atoms with van der Waals surface area (Å²) >= 11 is 0. The molecule has 5 aliphatic rings. The van der Waals surface area contributed by atoms with Gasteiger partial charge in [-0.2, -0.15) is 0 Å². The molecular formula is C29H47N3O2. The van der Waals surface area contributed by atoms with Gasteiger partial charge in [-0.3, -0.25) is 9.59 Å². The van der Waals surface area contributed by atoms with Crippen LogP contribution in [0.1, 0.15) is 85.5 Å². The predicted octanol–water partition coefficient (Wildman–Crippen LogP) is 4.62. The summed E-state index contributed by atoms with van der Waals surface area (Å²) in [5.41, 5.74) is 2.51. The molecule has 5 heteroatoms. The Hall–Kier alpha value is -1.36. The monoisotopic (exact) mass is 469 g/mol. The number of likely N-dealkylation sites (N-methyl/N-ethyl adjacent to an activating group) is 1. The van der Waals surface area contributed by atoms with Crippen LogP contribution in [-0.4, -0.2) is 60.4 Å². The maximum Gasteiger partial charge on any atom is 0.245 e. The van der Waals surface area contributed by atoms with E-state index in [-0.39, 0.29) is 17.9 Å². The highest BCUT2D eigenvalue weighted by Crippen LogP contribution is 2.68. The van der Waals surface area contributed by atoms with Crippen LogP contribution in [0.25, 0.3) is 0 Å². The number of hydrogen-bond acceptors (Lipinski definition) is 3. The van der Waals surface area contributed by atoms with Gasteiger partial charge in [0.1, 0.15) is 6.04 Å². The van der Waals surface area contributed by atoms with Crippen LogP contribution in [-0.2, 0) is 9.59 Å². The van der Waals surface area contributed by atoms with Crippen molar-refractivity contribution in [1.82, 2.24) is 15.1 Å². The molecule has 4 fully saturated rings. The molecule has 3 saturated carbocycles. The Bertz CT molecular complexity index is 869. The summed E-state index contributed by atoms with van der Waals surface area (Å²) in [5.74, 6) is 3.42. The van der Waals surface area contributed by atoms with Crippen molar-refractivity contribution in [2.75, 3.05) is 20.6 Å². The zero-order valence-electron chi connectivity index (χ0n) is 22.4. The minimum atomic E-state index is -0.405. The standard InChI is InChI=1S/C29H47N3O2/c1-7-26(30-19(3)33)27(34)32(6)21-12-14-28(4)20(16-21)8-9-22-24(28)13-15-29-17-31(5)18(2)23(29)10-11-25(22)29/h8,18,21-26H,7,9-17H2,1-6H3,(H,30,33). The van der Waals surface area contributed by atoms with Crippen LogP contribution in [0.2, 0.25) is 0 Å². The van der Waals surface area contributed by atoms with Crippen LogP contribution in [0, 0.1) is 34.5 Å². The summed E-state index contributed by atoms with van der Waals surface area (Å²) in [6.45, 7) is 9.83. The van der Waals surface area contributed by atoms with E-state index in [4.69, 9.17) is 0 Å². The van der Waals surface area contributed by atoms with Gasteiger partial charge in [-0.15, -0.1) is 0 Å². The molecule has 0 aromatic carbocycles. The third-order valence-electron chi connectivity index (χ3n) is 11.7. The number of nitrogens with zero attached hydrogens (tertiary/aromatic N) is 2. The topological polar surface area (TPSA) is 52.7 Å². The van der Waals surface area contributed by atoms with E-state index < -0.39 is 6.04 Å². The number of amides is 2. The van der Waals surface area contributed by atoms with Crippen molar-refractivity contribution >= 4 is 11.8 Å². The summed E-state index contributed by atoms with van der Waals surface area (Å²) < 4.78 is 0. The summed E-state index contributed by atoms with van der Waals surface area (Å²) in [6, 6.07) is 0.596. The molecular weight excluding hydrogens is 422 g/mol. The molecule has 0 aromatic heterocycles. The molecule has 1 saturated heterocycles. The Morgan fingerprint density at radius 3 is 2.62 bits per heavy atom. The van der Waals surface area contributed by atoms with Gasteiger partial charge in [-0.05, 0) is 106 Å². The fraction of sp³-hybridized carbons (Fsp3) is 0.862. The van der Waals surface area contributed by atoms with E-state index in [9.17, 15) is 9.59 Å². The molecule has 5 nitrogen and oxygen atoms in total. The quantitative estimate of drug-likeness (QED) is 0.611. The number of carbonyl (C=O) groups is 2. The molecule has 9 unspecified atom stereocenters. The number of nitrogens with one attached hydrogen (secondary N) is 1. The number of likely N-dealkylation sites (tertiary alicyclic amines) is 1. The van der Waals surface area contributed by atoms with Crippen molar-refractivity contribution in [3.63, 3.8) is 0 Å². The number of hydrogen-bond donors (Lipinski definition) is 1. The van der Waals surface area contributed by atoms with Gasteiger partial charge in [-0.1, -0.05) is 25.5 Å². The van der Waals surface area contributed by atoms with E-state index in [1.54, 1.807) is 5.57 Å². The molecule has 34 heavy (non-hydrogen) atoms. The second kappa shape index (κ2) is 8.64. The number of rotatable bonds is 4. The first-order valence-electron chi connectivity index (χ1n) is 14.1. The highest BCUT2D eigenvalue weighted by molar-refractivity contribution is 5.86. The minimum absolute atomic E-state index is 0.0664. The first kappa shape index (κ1) is 24.3. The van der Waals surface area contributed by atoms with Crippen LogP contribution in [0.4, 0.5) is 0 Å². The molecule has 1 spiro atoms.